The third-order valence-electron chi connectivity index (χ3n) is 6.10. The van der Waals surface area contributed by atoms with Crippen LogP contribution >= 0.6 is 0 Å². The Kier molecular flexibility index (Phi) is 5.67. The number of nitrogens with zero attached hydrogens (tertiary/aromatic N) is 2. The van der Waals surface area contributed by atoms with E-state index >= 15 is 0 Å². The fraction of sp³-hybridized carbons (Fsp3) is 0.667. The number of fused-ring (bicyclic) bond motifs is 1. The van der Waals surface area contributed by atoms with Crippen molar-refractivity contribution in [2.45, 2.75) is 72.1 Å². The van der Waals surface area contributed by atoms with Gasteiger partial charge in [-0.05, 0) is 56.2 Å². The van der Waals surface area contributed by atoms with Crippen molar-refractivity contribution in [2.24, 2.45) is 5.92 Å². The molecule has 2 aliphatic heterocycles. The van der Waals surface area contributed by atoms with Crippen LogP contribution in [0.15, 0.2) is 18.2 Å². The second-order valence-corrected chi connectivity index (χ2v) is 8.12. The molecular weight excluding hydrogens is 310 g/mol. The highest BCUT2D eigenvalue weighted by atomic mass is 16.2. The summed E-state index contributed by atoms with van der Waals surface area (Å²) >= 11 is 0. The summed E-state index contributed by atoms with van der Waals surface area (Å²) in [6.45, 7) is 12.4. The van der Waals surface area contributed by atoms with Gasteiger partial charge in [-0.1, -0.05) is 26.0 Å². The summed E-state index contributed by atoms with van der Waals surface area (Å²) < 4.78 is 0. The van der Waals surface area contributed by atoms with Gasteiger partial charge in [0.05, 0.1) is 6.54 Å². The topological polar surface area (TPSA) is 35.6 Å². The van der Waals surface area contributed by atoms with E-state index in [9.17, 15) is 4.79 Å². The molecule has 1 aromatic carbocycles. The van der Waals surface area contributed by atoms with Gasteiger partial charge < -0.3 is 10.2 Å². The van der Waals surface area contributed by atoms with E-state index in [1.165, 1.54) is 17.5 Å². The standard InChI is InChI=1S/C21H33N3O/c1-15(2)17(4)23-13-18-9-7-10-20(19(18)14-23)22-12-21(25)24-11-6-5-8-16(24)3/h7,9-10,15-17,22H,5-6,8,11-14H2,1-4H3. The van der Waals surface area contributed by atoms with Gasteiger partial charge in [0.25, 0.3) is 0 Å². The van der Waals surface area contributed by atoms with Crippen LogP contribution in [0.5, 0.6) is 0 Å². The lowest BCUT2D eigenvalue weighted by molar-refractivity contribution is -0.132. The molecule has 4 heteroatoms. The molecule has 3 rings (SSSR count). The predicted octanol–water partition coefficient (Wildman–Crippen LogP) is 3.86. The molecule has 2 heterocycles. The van der Waals surface area contributed by atoms with E-state index in [0.29, 0.717) is 24.5 Å². The minimum absolute atomic E-state index is 0.232. The average molecular weight is 344 g/mol. The van der Waals surface area contributed by atoms with Crippen molar-refractivity contribution >= 4 is 11.6 Å². The molecule has 1 fully saturated rings. The highest BCUT2D eigenvalue weighted by Crippen LogP contribution is 2.32. The predicted molar refractivity (Wildman–Crippen MR) is 104 cm³/mol. The van der Waals surface area contributed by atoms with Crippen molar-refractivity contribution in [3.05, 3.63) is 29.3 Å². The molecule has 2 unspecified atom stereocenters. The Hall–Kier alpha value is -1.55. The Morgan fingerprint density at radius 3 is 2.76 bits per heavy atom. The van der Waals surface area contributed by atoms with Gasteiger partial charge >= 0.3 is 0 Å². The first kappa shape index (κ1) is 18.2. The molecular formula is C21H33N3O. The van der Waals surface area contributed by atoms with Gasteiger partial charge in [0.15, 0.2) is 0 Å². The SMILES string of the molecule is CC(C)C(C)N1Cc2cccc(NCC(=O)N3CCCCC3C)c2C1. The lowest BCUT2D eigenvalue weighted by atomic mass is 10.0. The monoisotopic (exact) mass is 343 g/mol. The maximum atomic E-state index is 12.6. The molecule has 0 aromatic heterocycles. The van der Waals surface area contributed by atoms with Crippen LogP contribution in [0.25, 0.3) is 0 Å². The van der Waals surface area contributed by atoms with E-state index in [1.807, 2.05) is 4.90 Å². The molecule has 0 spiro atoms. The molecule has 1 saturated heterocycles. The second-order valence-electron chi connectivity index (χ2n) is 8.12. The molecule has 138 valence electrons. The van der Waals surface area contributed by atoms with Crippen molar-refractivity contribution in [1.29, 1.82) is 0 Å². The first-order chi connectivity index (χ1) is 12.0. The zero-order valence-electron chi connectivity index (χ0n) is 16.2. The van der Waals surface area contributed by atoms with Crippen LogP contribution in [-0.2, 0) is 17.9 Å². The summed E-state index contributed by atoms with van der Waals surface area (Å²) in [5.41, 5.74) is 3.90. The summed E-state index contributed by atoms with van der Waals surface area (Å²) in [6.07, 6.45) is 3.52. The Labute approximate surface area is 152 Å². The quantitative estimate of drug-likeness (QED) is 0.882. The van der Waals surface area contributed by atoms with Crippen molar-refractivity contribution < 1.29 is 4.79 Å². The van der Waals surface area contributed by atoms with E-state index < -0.39 is 0 Å². The highest BCUT2D eigenvalue weighted by molar-refractivity contribution is 5.81. The van der Waals surface area contributed by atoms with E-state index in [2.05, 4.69) is 56.1 Å². The Morgan fingerprint density at radius 2 is 2.04 bits per heavy atom. The number of anilines is 1. The minimum atomic E-state index is 0.232. The number of likely N-dealkylation sites (tertiary alicyclic amines) is 1. The normalized spacial score (nSPS) is 22.1. The van der Waals surface area contributed by atoms with Crippen LogP contribution < -0.4 is 5.32 Å². The fourth-order valence-electron chi connectivity index (χ4n) is 4.06. The van der Waals surface area contributed by atoms with Gasteiger partial charge in [-0.2, -0.15) is 0 Å². The molecule has 25 heavy (non-hydrogen) atoms. The van der Waals surface area contributed by atoms with Gasteiger partial charge in [-0.3, -0.25) is 9.69 Å². The smallest absolute Gasteiger partial charge is 0.242 e. The average Bonchev–Trinajstić information content (AvgIpc) is 3.03. The number of piperidine rings is 1. The van der Waals surface area contributed by atoms with E-state index in [1.54, 1.807) is 0 Å². The first-order valence-electron chi connectivity index (χ1n) is 9.85. The van der Waals surface area contributed by atoms with Crippen molar-refractivity contribution in [3.8, 4) is 0 Å². The molecule has 0 aliphatic carbocycles. The molecule has 0 radical (unpaired) electrons. The summed E-state index contributed by atoms with van der Waals surface area (Å²) in [5.74, 6) is 0.878. The molecule has 0 saturated carbocycles. The number of hydrogen-bond acceptors (Lipinski definition) is 3. The van der Waals surface area contributed by atoms with Crippen LogP contribution in [0.3, 0.4) is 0 Å². The number of carbonyl (C=O) groups is 1. The second kappa shape index (κ2) is 7.77. The van der Waals surface area contributed by atoms with Crippen LogP contribution in [0.1, 0.15) is 58.1 Å². The van der Waals surface area contributed by atoms with Crippen molar-refractivity contribution in [1.82, 2.24) is 9.80 Å². The van der Waals surface area contributed by atoms with Crippen LogP contribution in [0.2, 0.25) is 0 Å². The first-order valence-corrected chi connectivity index (χ1v) is 9.85. The summed E-state index contributed by atoms with van der Waals surface area (Å²) in [5, 5.41) is 3.43. The molecule has 1 aromatic rings. The third-order valence-corrected chi connectivity index (χ3v) is 6.10. The Balaban J connectivity index is 1.64. The van der Waals surface area contributed by atoms with Crippen LogP contribution in [0, 0.1) is 5.92 Å². The lowest BCUT2D eigenvalue weighted by Gasteiger charge is -2.33. The lowest BCUT2D eigenvalue weighted by Crippen LogP contribution is -2.44. The summed E-state index contributed by atoms with van der Waals surface area (Å²) in [6, 6.07) is 7.40. The Morgan fingerprint density at radius 1 is 1.24 bits per heavy atom. The van der Waals surface area contributed by atoms with Crippen LogP contribution in [0.4, 0.5) is 5.69 Å². The Bertz CT molecular complexity index is 613. The number of hydrogen-bond donors (Lipinski definition) is 1. The molecule has 0 bridgehead atoms. The van der Waals surface area contributed by atoms with E-state index in [4.69, 9.17) is 0 Å². The number of benzene rings is 1. The van der Waals surface area contributed by atoms with Crippen molar-refractivity contribution in [3.63, 3.8) is 0 Å². The number of rotatable bonds is 5. The largest absolute Gasteiger partial charge is 0.376 e. The molecule has 1 N–H and O–H groups in total. The maximum absolute atomic E-state index is 12.6. The molecule has 4 nitrogen and oxygen atoms in total. The molecule has 2 aliphatic rings. The van der Waals surface area contributed by atoms with Gasteiger partial charge in [-0.25, -0.2) is 0 Å². The summed E-state index contributed by atoms with van der Waals surface area (Å²) in [7, 11) is 0. The van der Waals surface area contributed by atoms with E-state index in [-0.39, 0.29) is 5.91 Å². The zero-order chi connectivity index (χ0) is 18.0. The number of nitrogens with one attached hydrogen (secondary N) is 1. The minimum Gasteiger partial charge on any atom is -0.376 e. The van der Waals surface area contributed by atoms with Crippen LogP contribution in [-0.4, -0.2) is 40.9 Å². The highest BCUT2D eigenvalue weighted by Gasteiger charge is 2.27. The van der Waals surface area contributed by atoms with Crippen molar-refractivity contribution in [2.75, 3.05) is 18.4 Å². The van der Waals surface area contributed by atoms with Gasteiger partial charge in [0.1, 0.15) is 0 Å². The number of amides is 1. The molecule has 1 amide bonds. The van der Waals surface area contributed by atoms with Gasteiger partial charge in [0.2, 0.25) is 5.91 Å². The fourth-order valence-corrected chi connectivity index (χ4v) is 4.06. The maximum Gasteiger partial charge on any atom is 0.242 e. The van der Waals surface area contributed by atoms with Gasteiger partial charge in [0, 0.05) is 37.4 Å². The number of carbonyl (C=O) groups excluding carboxylic acids is 1. The molecule has 2 atom stereocenters. The third kappa shape index (κ3) is 4.00. The summed E-state index contributed by atoms with van der Waals surface area (Å²) in [4.78, 5) is 17.2. The van der Waals surface area contributed by atoms with Gasteiger partial charge in [-0.15, -0.1) is 0 Å². The van der Waals surface area contributed by atoms with E-state index in [0.717, 1.165) is 38.2 Å². The zero-order valence-corrected chi connectivity index (χ0v) is 16.2.